The van der Waals surface area contributed by atoms with E-state index in [1.165, 1.54) is 10.6 Å². The average molecular weight is 371 g/mol. The Balaban J connectivity index is 1.50. The first kappa shape index (κ1) is 17.4. The first-order chi connectivity index (χ1) is 12.9. The molecule has 4 rings (SSSR count). The Labute approximate surface area is 154 Å². The van der Waals surface area contributed by atoms with Crippen molar-refractivity contribution >= 4 is 11.7 Å². The summed E-state index contributed by atoms with van der Waals surface area (Å²) in [5.74, 6) is 0.568. The van der Waals surface area contributed by atoms with Crippen molar-refractivity contribution in [1.29, 1.82) is 0 Å². The summed E-state index contributed by atoms with van der Waals surface area (Å²) in [7, 11) is 0. The zero-order valence-electron chi connectivity index (χ0n) is 15.2. The van der Waals surface area contributed by atoms with Crippen LogP contribution >= 0.6 is 0 Å². The number of hydrogen-bond donors (Lipinski definition) is 2. The van der Waals surface area contributed by atoms with Gasteiger partial charge in [0.15, 0.2) is 0 Å². The molecule has 0 fully saturated rings. The highest BCUT2D eigenvalue weighted by molar-refractivity contribution is 5.78. The van der Waals surface area contributed by atoms with Crippen LogP contribution in [-0.2, 0) is 24.3 Å². The van der Waals surface area contributed by atoms with E-state index in [0.29, 0.717) is 43.3 Å². The van der Waals surface area contributed by atoms with Gasteiger partial charge in [0.1, 0.15) is 5.82 Å². The number of aromatic amines is 1. The molecular weight excluding hydrogens is 350 g/mol. The number of carbonyl (C=O) groups is 1. The lowest BCUT2D eigenvalue weighted by Gasteiger charge is -2.27. The Bertz CT molecular complexity index is 1060. The van der Waals surface area contributed by atoms with Crippen LogP contribution in [-0.4, -0.2) is 51.8 Å². The van der Waals surface area contributed by atoms with E-state index in [2.05, 4.69) is 20.2 Å². The standard InChI is InChI=1S/C17H21N7O3/c1-3-13(25)12-7-11-9-22(4-5-23(11)20-12)15(26)8-14-19-17-18-10(2)6-16(27)24(17)21-14/h6-7,13,25H,3-5,8-9H2,1-2H3,(H,18,19,21)/t13-/m0/s1. The molecule has 1 aliphatic rings. The van der Waals surface area contributed by atoms with E-state index in [0.717, 1.165) is 5.69 Å². The second kappa shape index (κ2) is 6.62. The van der Waals surface area contributed by atoms with E-state index in [1.807, 2.05) is 17.7 Å². The maximum Gasteiger partial charge on any atom is 0.274 e. The summed E-state index contributed by atoms with van der Waals surface area (Å²) >= 11 is 0. The molecule has 0 bridgehead atoms. The number of aryl methyl sites for hydroxylation is 1. The molecule has 0 radical (unpaired) electrons. The highest BCUT2D eigenvalue weighted by atomic mass is 16.3. The molecule has 0 unspecified atom stereocenters. The minimum atomic E-state index is -0.586. The smallest absolute Gasteiger partial charge is 0.274 e. The predicted octanol–water partition coefficient (Wildman–Crippen LogP) is -0.0492. The van der Waals surface area contributed by atoms with Crippen LogP contribution in [0.2, 0.25) is 0 Å². The maximum absolute atomic E-state index is 12.7. The Hall–Kier alpha value is -3.01. The lowest BCUT2D eigenvalue weighted by Crippen LogP contribution is -2.39. The predicted molar refractivity (Wildman–Crippen MR) is 94.9 cm³/mol. The topological polar surface area (TPSA) is 121 Å². The number of carbonyl (C=O) groups excluding carboxylic acids is 1. The van der Waals surface area contributed by atoms with Crippen molar-refractivity contribution in [3.8, 4) is 0 Å². The molecule has 0 saturated heterocycles. The molecule has 3 aromatic rings. The number of fused-ring (bicyclic) bond motifs is 2. The van der Waals surface area contributed by atoms with Crippen molar-refractivity contribution in [1.82, 2.24) is 34.3 Å². The third-order valence-electron chi connectivity index (χ3n) is 4.72. The van der Waals surface area contributed by atoms with Crippen LogP contribution in [0.5, 0.6) is 0 Å². The van der Waals surface area contributed by atoms with Gasteiger partial charge >= 0.3 is 0 Å². The summed E-state index contributed by atoms with van der Waals surface area (Å²) in [6, 6.07) is 3.26. The van der Waals surface area contributed by atoms with Crippen molar-refractivity contribution in [2.24, 2.45) is 0 Å². The normalized spacial score (nSPS) is 15.1. The van der Waals surface area contributed by atoms with E-state index in [-0.39, 0.29) is 23.7 Å². The third-order valence-corrected chi connectivity index (χ3v) is 4.72. The van der Waals surface area contributed by atoms with Crippen molar-refractivity contribution in [2.45, 2.75) is 45.9 Å². The first-order valence-electron chi connectivity index (χ1n) is 8.92. The van der Waals surface area contributed by atoms with E-state index < -0.39 is 6.10 Å². The van der Waals surface area contributed by atoms with Crippen LogP contribution in [0.15, 0.2) is 16.9 Å². The minimum Gasteiger partial charge on any atom is -0.387 e. The van der Waals surface area contributed by atoms with Crippen LogP contribution in [0.3, 0.4) is 0 Å². The second-order valence-electron chi connectivity index (χ2n) is 6.74. The largest absolute Gasteiger partial charge is 0.387 e. The van der Waals surface area contributed by atoms with Crippen molar-refractivity contribution < 1.29 is 9.90 Å². The van der Waals surface area contributed by atoms with Crippen LogP contribution < -0.4 is 5.56 Å². The van der Waals surface area contributed by atoms with Gasteiger partial charge in [-0.2, -0.15) is 14.6 Å². The molecule has 3 aromatic heterocycles. The highest BCUT2D eigenvalue weighted by Gasteiger charge is 2.24. The van der Waals surface area contributed by atoms with Crippen LogP contribution in [0.4, 0.5) is 0 Å². The van der Waals surface area contributed by atoms with Crippen LogP contribution in [0.1, 0.15) is 42.4 Å². The van der Waals surface area contributed by atoms with Crippen molar-refractivity contribution in [3.63, 3.8) is 0 Å². The number of aromatic nitrogens is 6. The van der Waals surface area contributed by atoms with Gasteiger partial charge in [-0.25, -0.2) is 4.98 Å². The van der Waals surface area contributed by atoms with Crippen LogP contribution in [0.25, 0.3) is 5.78 Å². The molecule has 0 spiro atoms. The average Bonchev–Trinajstić information content (AvgIpc) is 3.23. The van der Waals surface area contributed by atoms with Gasteiger partial charge in [-0.15, -0.1) is 0 Å². The summed E-state index contributed by atoms with van der Waals surface area (Å²) in [4.78, 5) is 34.8. The number of hydrogen-bond acceptors (Lipinski definition) is 6. The molecule has 10 heteroatoms. The summed E-state index contributed by atoms with van der Waals surface area (Å²) < 4.78 is 3.07. The van der Waals surface area contributed by atoms with E-state index in [4.69, 9.17) is 0 Å². The second-order valence-corrected chi connectivity index (χ2v) is 6.74. The van der Waals surface area contributed by atoms with Gasteiger partial charge in [-0.3, -0.25) is 19.4 Å². The van der Waals surface area contributed by atoms with Gasteiger partial charge in [-0.05, 0) is 19.4 Å². The number of H-pyrrole nitrogens is 1. The minimum absolute atomic E-state index is 0.0560. The fourth-order valence-corrected chi connectivity index (χ4v) is 3.24. The van der Waals surface area contributed by atoms with E-state index in [9.17, 15) is 14.7 Å². The van der Waals surface area contributed by atoms with Gasteiger partial charge < -0.3 is 10.0 Å². The Kier molecular flexibility index (Phi) is 4.27. The van der Waals surface area contributed by atoms with Gasteiger partial charge in [0.25, 0.3) is 11.3 Å². The quantitative estimate of drug-likeness (QED) is 0.663. The maximum atomic E-state index is 12.7. The number of aliphatic hydroxyl groups is 1. The molecular formula is C17H21N7O3. The fourth-order valence-electron chi connectivity index (χ4n) is 3.24. The number of nitrogens with zero attached hydrogens (tertiary/aromatic N) is 6. The molecule has 2 N–H and O–H groups in total. The van der Waals surface area contributed by atoms with Crippen molar-refractivity contribution in [2.75, 3.05) is 6.54 Å². The van der Waals surface area contributed by atoms with Crippen molar-refractivity contribution in [3.05, 3.63) is 45.4 Å². The fraction of sp³-hybridized carbons (Fsp3) is 0.471. The molecule has 1 aliphatic heterocycles. The molecule has 0 saturated carbocycles. The number of nitrogens with one attached hydrogen (secondary N) is 1. The molecule has 4 heterocycles. The summed E-state index contributed by atoms with van der Waals surface area (Å²) in [6.45, 7) is 5.17. The van der Waals surface area contributed by atoms with E-state index in [1.54, 1.807) is 11.8 Å². The van der Waals surface area contributed by atoms with Crippen LogP contribution in [0, 0.1) is 6.92 Å². The molecule has 27 heavy (non-hydrogen) atoms. The summed E-state index contributed by atoms with van der Waals surface area (Å²) in [5.41, 5.74) is 1.86. The Morgan fingerprint density at radius 3 is 2.93 bits per heavy atom. The SMILES string of the molecule is CC[C@H](O)c1cc2n(n1)CCN(C(=O)Cc1nc3nc(C)cc(=O)n3[nH]1)C2. The summed E-state index contributed by atoms with van der Waals surface area (Å²) in [6.07, 6.45) is 0.0652. The third kappa shape index (κ3) is 3.23. The zero-order valence-corrected chi connectivity index (χ0v) is 15.2. The van der Waals surface area contributed by atoms with E-state index >= 15 is 0 Å². The summed E-state index contributed by atoms with van der Waals surface area (Å²) in [5, 5.41) is 17.2. The molecule has 1 amide bonds. The monoisotopic (exact) mass is 371 g/mol. The lowest BCUT2D eigenvalue weighted by atomic mass is 10.2. The van der Waals surface area contributed by atoms with Gasteiger partial charge in [0, 0.05) is 18.3 Å². The zero-order chi connectivity index (χ0) is 19.1. The molecule has 142 valence electrons. The van der Waals surface area contributed by atoms with Gasteiger partial charge in [-0.1, -0.05) is 6.92 Å². The van der Waals surface area contributed by atoms with Gasteiger partial charge in [0.05, 0.1) is 37.0 Å². The lowest BCUT2D eigenvalue weighted by molar-refractivity contribution is -0.132. The Morgan fingerprint density at radius 2 is 2.15 bits per heavy atom. The number of rotatable bonds is 4. The number of aliphatic hydroxyl groups excluding tert-OH is 1. The van der Waals surface area contributed by atoms with Gasteiger partial charge in [0.2, 0.25) is 5.91 Å². The Morgan fingerprint density at radius 1 is 1.33 bits per heavy atom. The molecule has 10 nitrogen and oxygen atoms in total. The molecule has 0 aliphatic carbocycles. The first-order valence-corrected chi connectivity index (χ1v) is 8.92. The molecule has 0 aromatic carbocycles. The highest BCUT2D eigenvalue weighted by Crippen LogP contribution is 2.20. The number of amides is 1. The molecule has 1 atom stereocenters.